The van der Waals surface area contributed by atoms with Crippen molar-refractivity contribution in [2.75, 3.05) is 25.5 Å². The lowest BCUT2D eigenvalue weighted by Crippen LogP contribution is -2.37. The van der Waals surface area contributed by atoms with Gasteiger partial charge in [0, 0.05) is 17.8 Å². The maximum absolute atomic E-state index is 12.0. The zero-order valence-corrected chi connectivity index (χ0v) is 15.4. The highest BCUT2D eigenvalue weighted by Gasteiger charge is 2.15. The molecule has 0 fully saturated rings. The van der Waals surface area contributed by atoms with E-state index in [4.69, 9.17) is 16.3 Å². The maximum atomic E-state index is 12.0. The molecule has 2 amide bonds. The molecule has 0 saturated heterocycles. The quantitative estimate of drug-likeness (QED) is 0.707. The van der Waals surface area contributed by atoms with Crippen molar-refractivity contribution in [2.24, 2.45) is 0 Å². The molecule has 0 unspecified atom stereocenters. The van der Waals surface area contributed by atoms with Crippen LogP contribution in [0.5, 0.6) is 5.75 Å². The largest absolute Gasteiger partial charge is 0.508 e. The number of phenolic OH excluding ortho intramolecular Hbond substituents is 1. The Kier molecular flexibility index (Phi) is 7.19. The minimum Gasteiger partial charge on any atom is -0.508 e. The highest BCUT2D eigenvalue weighted by molar-refractivity contribution is 6.30. The molecule has 2 aromatic rings. The van der Waals surface area contributed by atoms with Crippen LogP contribution in [0.3, 0.4) is 0 Å². The summed E-state index contributed by atoms with van der Waals surface area (Å²) in [7, 11) is 1.44. The summed E-state index contributed by atoms with van der Waals surface area (Å²) in [6, 6.07) is 12.7. The zero-order valence-electron chi connectivity index (χ0n) is 14.6. The van der Waals surface area contributed by atoms with Crippen molar-refractivity contribution in [1.29, 1.82) is 0 Å². The van der Waals surface area contributed by atoms with Gasteiger partial charge in [0.1, 0.15) is 5.75 Å². The van der Waals surface area contributed by atoms with Crippen LogP contribution >= 0.6 is 11.6 Å². The summed E-state index contributed by atoms with van der Waals surface area (Å²) in [6.07, 6.45) is -0.0195. The Balaban J connectivity index is 1.74. The van der Waals surface area contributed by atoms with E-state index in [1.54, 1.807) is 36.4 Å². The second kappa shape index (κ2) is 9.59. The SMILES string of the molecule is CN(CC(=O)Nc1ccc(Cl)cc1)C(=O)COC(=O)Cc1ccc(O)cc1. The average molecular weight is 391 g/mol. The molecule has 0 aliphatic carbocycles. The van der Waals surface area contributed by atoms with E-state index >= 15 is 0 Å². The topological polar surface area (TPSA) is 95.9 Å². The number of nitrogens with zero attached hydrogens (tertiary/aromatic N) is 1. The van der Waals surface area contributed by atoms with Gasteiger partial charge >= 0.3 is 5.97 Å². The Hall–Kier alpha value is -3.06. The third-order valence-electron chi connectivity index (χ3n) is 3.58. The molecule has 7 nitrogen and oxygen atoms in total. The molecule has 0 bridgehead atoms. The fourth-order valence-electron chi connectivity index (χ4n) is 2.12. The second-order valence-corrected chi connectivity index (χ2v) is 6.25. The molecule has 0 atom stereocenters. The van der Waals surface area contributed by atoms with Crippen molar-refractivity contribution in [1.82, 2.24) is 4.90 Å². The van der Waals surface area contributed by atoms with Crippen molar-refractivity contribution >= 4 is 35.1 Å². The van der Waals surface area contributed by atoms with Gasteiger partial charge in [-0.2, -0.15) is 0 Å². The third kappa shape index (κ3) is 6.99. The highest BCUT2D eigenvalue weighted by atomic mass is 35.5. The molecule has 8 heteroatoms. The van der Waals surface area contributed by atoms with E-state index < -0.39 is 18.5 Å². The number of esters is 1. The molecule has 0 saturated carbocycles. The zero-order chi connectivity index (χ0) is 19.8. The minimum absolute atomic E-state index is 0.0195. The lowest BCUT2D eigenvalue weighted by molar-refractivity contribution is -0.151. The van der Waals surface area contributed by atoms with Gasteiger partial charge < -0.3 is 20.1 Å². The first-order chi connectivity index (χ1) is 12.8. The number of anilines is 1. The number of aromatic hydroxyl groups is 1. The van der Waals surface area contributed by atoms with Crippen LogP contribution in [-0.2, 0) is 25.5 Å². The summed E-state index contributed by atoms with van der Waals surface area (Å²) in [5.41, 5.74) is 1.21. The van der Waals surface area contributed by atoms with Gasteiger partial charge in [-0.25, -0.2) is 0 Å². The van der Waals surface area contributed by atoms with E-state index in [1.807, 2.05) is 0 Å². The molecule has 0 heterocycles. The monoisotopic (exact) mass is 390 g/mol. The summed E-state index contributed by atoms with van der Waals surface area (Å²) in [4.78, 5) is 36.9. The van der Waals surface area contributed by atoms with Crippen LogP contribution in [0.4, 0.5) is 5.69 Å². The predicted molar refractivity (Wildman–Crippen MR) is 100 cm³/mol. The number of likely N-dealkylation sites (N-methyl/N-ethyl adjacent to an activating group) is 1. The Morgan fingerprint density at radius 3 is 2.33 bits per heavy atom. The van der Waals surface area contributed by atoms with E-state index in [-0.39, 0.29) is 24.6 Å². The summed E-state index contributed by atoms with van der Waals surface area (Å²) < 4.78 is 4.93. The smallest absolute Gasteiger partial charge is 0.310 e. The third-order valence-corrected chi connectivity index (χ3v) is 3.83. The van der Waals surface area contributed by atoms with Gasteiger partial charge in [0.2, 0.25) is 5.91 Å². The number of ether oxygens (including phenoxy) is 1. The van der Waals surface area contributed by atoms with Gasteiger partial charge in [0.25, 0.3) is 5.91 Å². The summed E-state index contributed by atoms with van der Waals surface area (Å²) in [5.74, 6) is -1.36. The normalized spacial score (nSPS) is 10.1. The lowest BCUT2D eigenvalue weighted by atomic mass is 10.1. The molecule has 0 aliphatic rings. The van der Waals surface area contributed by atoms with Crippen molar-refractivity contribution in [2.45, 2.75) is 6.42 Å². The number of phenols is 1. The molecule has 2 N–H and O–H groups in total. The number of rotatable bonds is 7. The van der Waals surface area contributed by atoms with Crippen molar-refractivity contribution in [3.8, 4) is 5.75 Å². The number of benzene rings is 2. The van der Waals surface area contributed by atoms with Gasteiger partial charge in [-0.15, -0.1) is 0 Å². The maximum Gasteiger partial charge on any atom is 0.310 e. The van der Waals surface area contributed by atoms with E-state index in [9.17, 15) is 19.5 Å². The van der Waals surface area contributed by atoms with Gasteiger partial charge in [0.15, 0.2) is 6.61 Å². The van der Waals surface area contributed by atoms with Crippen LogP contribution in [0.25, 0.3) is 0 Å². The summed E-state index contributed by atoms with van der Waals surface area (Å²) in [5, 5.41) is 12.4. The van der Waals surface area contributed by atoms with Crippen LogP contribution in [0.1, 0.15) is 5.56 Å². The Morgan fingerprint density at radius 1 is 1.07 bits per heavy atom. The highest BCUT2D eigenvalue weighted by Crippen LogP contribution is 2.13. The molecular formula is C19H19ClN2O5. The van der Waals surface area contributed by atoms with Gasteiger partial charge in [-0.05, 0) is 42.0 Å². The van der Waals surface area contributed by atoms with E-state index in [2.05, 4.69) is 5.32 Å². The van der Waals surface area contributed by atoms with Gasteiger partial charge in [-0.1, -0.05) is 23.7 Å². The number of amides is 2. The number of hydrogen-bond acceptors (Lipinski definition) is 5. The number of nitrogens with one attached hydrogen (secondary N) is 1. The second-order valence-electron chi connectivity index (χ2n) is 5.81. The van der Waals surface area contributed by atoms with Gasteiger partial charge in [0.05, 0.1) is 13.0 Å². The first kappa shape index (κ1) is 20.3. The van der Waals surface area contributed by atoms with Crippen LogP contribution in [0.2, 0.25) is 5.02 Å². The molecular weight excluding hydrogens is 372 g/mol. The fourth-order valence-corrected chi connectivity index (χ4v) is 2.25. The summed E-state index contributed by atoms with van der Waals surface area (Å²) >= 11 is 5.77. The Morgan fingerprint density at radius 2 is 1.70 bits per heavy atom. The molecule has 0 radical (unpaired) electrons. The van der Waals surface area contributed by atoms with E-state index in [1.165, 1.54) is 24.1 Å². The first-order valence-corrected chi connectivity index (χ1v) is 8.44. The molecule has 0 spiro atoms. The first-order valence-electron chi connectivity index (χ1n) is 8.06. The van der Waals surface area contributed by atoms with Crippen molar-refractivity contribution < 1.29 is 24.2 Å². The van der Waals surface area contributed by atoms with E-state index in [0.29, 0.717) is 16.3 Å². The number of hydrogen-bond donors (Lipinski definition) is 2. The standard InChI is InChI=1S/C19H19ClN2O5/c1-22(11-17(24)21-15-6-4-14(20)5-7-15)18(25)12-27-19(26)10-13-2-8-16(23)9-3-13/h2-9,23H,10-12H2,1H3,(H,21,24). The molecule has 2 aromatic carbocycles. The molecule has 0 aromatic heterocycles. The number of halogens is 1. The number of carbonyl (C=O) groups excluding carboxylic acids is 3. The average Bonchev–Trinajstić information content (AvgIpc) is 2.63. The predicted octanol–water partition coefficient (Wildman–Crippen LogP) is 2.23. The Labute approximate surface area is 161 Å². The molecule has 27 heavy (non-hydrogen) atoms. The van der Waals surface area contributed by atoms with Crippen LogP contribution in [0.15, 0.2) is 48.5 Å². The fraction of sp³-hybridized carbons (Fsp3) is 0.211. The van der Waals surface area contributed by atoms with Crippen molar-refractivity contribution in [3.05, 3.63) is 59.1 Å². The Bertz CT molecular complexity index is 806. The van der Waals surface area contributed by atoms with Crippen molar-refractivity contribution in [3.63, 3.8) is 0 Å². The molecule has 0 aliphatic heterocycles. The lowest BCUT2D eigenvalue weighted by Gasteiger charge is -2.16. The minimum atomic E-state index is -0.576. The molecule has 142 valence electrons. The van der Waals surface area contributed by atoms with Crippen LogP contribution in [-0.4, -0.2) is 48.0 Å². The molecule has 2 rings (SSSR count). The summed E-state index contributed by atoms with van der Waals surface area (Å²) in [6.45, 7) is -0.640. The number of carbonyl (C=O) groups is 3. The van der Waals surface area contributed by atoms with Gasteiger partial charge in [-0.3, -0.25) is 14.4 Å². The van der Waals surface area contributed by atoms with E-state index in [0.717, 1.165) is 0 Å². The van der Waals surface area contributed by atoms with Crippen LogP contribution in [0, 0.1) is 0 Å². The van der Waals surface area contributed by atoms with Crippen LogP contribution < -0.4 is 5.32 Å².